The van der Waals surface area contributed by atoms with Gasteiger partial charge < -0.3 is 5.32 Å². The standard InChI is InChI=1S/C13H16F2N2/c1-4-12(8(2)3)17-13-10(14)5-9(7-16)6-11(13)15/h5-6,8,12,17H,4H2,1-3H3. The van der Waals surface area contributed by atoms with Gasteiger partial charge in [-0.3, -0.25) is 0 Å². The van der Waals surface area contributed by atoms with Crippen LogP contribution in [0.3, 0.4) is 0 Å². The molecular weight excluding hydrogens is 222 g/mol. The van der Waals surface area contributed by atoms with Gasteiger partial charge in [0.15, 0.2) is 11.6 Å². The highest BCUT2D eigenvalue weighted by Gasteiger charge is 2.17. The van der Waals surface area contributed by atoms with Crippen LogP contribution in [-0.4, -0.2) is 6.04 Å². The van der Waals surface area contributed by atoms with Gasteiger partial charge in [-0.1, -0.05) is 20.8 Å². The minimum Gasteiger partial charge on any atom is -0.377 e. The number of anilines is 1. The highest BCUT2D eigenvalue weighted by Crippen LogP contribution is 2.23. The van der Waals surface area contributed by atoms with Gasteiger partial charge in [-0.05, 0) is 24.5 Å². The second kappa shape index (κ2) is 5.62. The maximum atomic E-state index is 13.6. The first-order valence-corrected chi connectivity index (χ1v) is 5.65. The average molecular weight is 238 g/mol. The Morgan fingerprint density at radius 2 is 1.82 bits per heavy atom. The lowest BCUT2D eigenvalue weighted by Gasteiger charge is -2.22. The number of nitrogens with zero attached hydrogens (tertiary/aromatic N) is 1. The molecular formula is C13H16F2N2. The summed E-state index contributed by atoms with van der Waals surface area (Å²) in [6, 6.07) is 3.80. The van der Waals surface area contributed by atoms with E-state index in [2.05, 4.69) is 5.32 Å². The van der Waals surface area contributed by atoms with Crippen LogP contribution in [0.15, 0.2) is 12.1 Å². The van der Waals surface area contributed by atoms with Gasteiger partial charge in [-0.15, -0.1) is 0 Å². The number of rotatable bonds is 4. The zero-order valence-electron chi connectivity index (χ0n) is 10.2. The molecule has 0 aliphatic rings. The van der Waals surface area contributed by atoms with E-state index in [0.717, 1.165) is 18.6 Å². The molecule has 1 aromatic rings. The summed E-state index contributed by atoms with van der Waals surface area (Å²) >= 11 is 0. The van der Waals surface area contributed by atoms with Crippen LogP contribution in [-0.2, 0) is 0 Å². The smallest absolute Gasteiger partial charge is 0.150 e. The highest BCUT2D eigenvalue weighted by atomic mass is 19.1. The number of nitrogens with one attached hydrogen (secondary N) is 1. The lowest BCUT2D eigenvalue weighted by Crippen LogP contribution is -2.25. The van der Waals surface area contributed by atoms with Gasteiger partial charge in [0.2, 0.25) is 0 Å². The van der Waals surface area contributed by atoms with Crippen molar-refractivity contribution >= 4 is 5.69 Å². The normalized spacial score (nSPS) is 12.3. The molecule has 0 bridgehead atoms. The summed E-state index contributed by atoms with van der Waals surface area (Å²) in [5.41, 5.74) is -0.160. The first kappa shape index (κ1) is 13.4. The number of hydrogen-bond donors (Lipinski definition) is 1. The molecule has 0 saturated carbocycles. The molecule has 1 atom stereocenters. The topological polar surface area (TPSA) is 35.8 Å². The molecule has 0 radical (unpaired) electrons. The summed E-state index contributed by atoms with van der Waals surface area (Å²) < 4.78 is 27.2. The summed E-state index contributed by atoms with van der Waals surface area (Å²) in [5, 5.41) is 11.4. The molecule has 1 rings (SSSR count). The second-order valence-corrected chi connectivity index (χ2v) is 4.33. The minimum absolute atomic E-state index is 0.00642. The van der Waals surface area contributed by atoms with Crippen molar-refractivity contribution in [3.05, 3.63) is 29.3 Å². The quantitative estimate of drug-likeness (QED) is 0.868. The maximum absolute atomic E-state index is 13.6. The Morgan fingerprint density at radius 3 is 2.18 bits per heavy atom. The number of benzene rings is 1. The highest BCUT2D eigenvalue weighted by molar-refractivity contribution is 5.51. The third-order valence-corrected chi connectivity index (χ3v) is 2.75. The van der Waals surface area contributed by atoms with Crippen molar-refractivity contribution in [3.63, 3.8) is 0 Å². The van der Waals surface area contributed by atoms with E-state index in [1.165, 1.54) is 0 Å². The van der Waals surface area contributed by atoms with Crippen LogP contribution in [0, 0.1) is 28.9 Å². The van der Waals surface area contributed by atoms with Crippen molar-refractivity contribution in [3.8, 4) is 6.07 Å². The fraction of sp³-hybridized carbons (Fsp3) is 0.462. The van der Waals surface area contributed by atoms with E-state index in [0.29, 0.717) is 0 Å². The summed E-state index contributed by atoms with van der Waals surface area (Å²) in [5.74, 6) is -1.17. The zero-order valence-corrected chi connectivity index (χ0v) is 10.2. The van der Waals surface area contributed by atoms with Crippen LogP contribution in [0.5, 0.6) is 0 Å². The van der Waals surface area contributed by atoms with Crippen molar-refractivity contribution in [2.45, 2.75) is 33.2 Å². The predicted molar refractivity (Wildman–Crippen MR) is 63.6 cm³/mol. The third kappa shape index (κ3) is 3.16. The second-order valence-electron chi connectivity index (χ2n) is 4.33. The Kier molecular flexibility index (Phi) is 4.45. The van der Waals surface area contributed by atoms with E-state index in [9.17, 15) is 8.78 Å². The molecule has 0 saturated heterocycles. The summed E-state index contributed by atoms with van der Waals surface area (Å²) in [6.45, 7) is 5.93. The SMILES string of the molecule is CCC(Nc1c(F)cc(C#N)cc1F)C(C)C. The number of hydrogen-bond acceptors (Lipinski definition) is 2. The molecule has 0 spiro atoms. The van der Waals surface area contributed by atoms with Crippen molar-refractivity contribution in [2.75, 3.05) is 5.32 Å². The maximum Gasteiger partial charge on any atom is 0.150 e. The van der Waals surface area contributed by atoms with Gasteiger partial charge in [0.05, 0.1) is 11.6 Å². The van der Waals surface area contributed by atoms with Crippen LogP contribution >= 0.6 is 0 Å². The molecule has 0 amide bonds. The molecule has 92 valence electrons. The zero-order chi connectivity index (χ0) is 13.0. The monoisotopic (exact) mass is 238 g/mol. The summed E-state index contributed by atoms with van der Waals surface area (Å²) in [4.78, 5) is 0. The van der Waals surface area contributed by atoms with Crippen molar-refractivity contribution in [1.29, 1.82) is 5.26 Å². The molecule has 0 fully saturated rings. The fourth-order valence-corrected chi connectivity index (χ4v) is 1.70. The molecule has 1 unspecified atom stereocenters. The number of nitriles is 1. The Labute approximate surface area is 100 Å². The minimum atomic E-state index is -0.722. The van der Waals surface area contributed by atoms with Crippen LogP contribution in [0.25, 0.3) is 0 Å². The average Bonchev–Trinajstić information content (AvgIpc) is 2.27. The van der Waals surface area contributed by atoms with E-state index in [1.54, 1.807) is 6.07 Å². The van der Waals surface area contributed by atoms with Crippen molar-refractivity contribution in [1.82, 2.24) is 0 Å². The lowest BCUT2D eigenvalue weighted by molar-refractivity contribution is 0.500. The van der Waals surface area contributed by atoms with E-state index in [-0.39, 0.29) is 23.2 Å². The van der Waals surface area contributed by atoms with Crippen molar-refractivity contribution in [2.24, 2.45) is 5.92 Å². The molecule has 0 heterocycles. The van der Waals surface area contributed by atoms with Crippen molar-refractivity contribution < 1.29 is 8.78 Å². The van der Waals surface area contributed by atoms with E-state index < -0.39 is 11.6 Å². The van der Waals surface area contributed by atoms with Crippen LogP contribution in [0.2, 0.25) is 0 Å². The van der Waals surface area contributed by atoms with Crippen LogP contribution in [0.1, 0.15) is 32.8 Å². The Balaban J connectivity index is 3.03. The molecule has 1 aromatic carbocycles. The number of halogens is 2. The van der Waals surface area contributed by atoms with Gasteiger partial charge in [0.25, 0.3) is 0 Å². The first-order valence-electron chi connectivity index (χ1n) is 5.65. The van der Waals surface area contributed by atoms with Crippen LogP contribution in [0.4, 0.5) is 14.5 Å². The van der Waals surface area contributed by atoms with Gasteiger partial charge in [-0.2, -0.15) is 5.26 Å². The molecule has 4 heteroatoms. The lowest BCUT2D eigenvalue weighted by atomic mass is 10.0. The van der Waals surface area contributed by atoms with Gasteiger partial charge >= 0.3 is 0 Å². The predicted octanol–water partition coefficient (Wildman–Crippen LogP) is 3.68. The van der Waals surface area contributed by atoms with E-state index in [4.69, 9.17) is 5.26 Å². The van der Waals surface area contributed by atoms with Gasteiger partial charge in [0, 0.05) is 6.04 Å². The third-order valence-electron chi connectivity index (χ3n) is 2.75. The summed E-state index contributed by atoms with van der Waals surface area (Å²) in [6.07, 6.45) is 0.774. The first-order chi connectivity index (χ1) is 7.99. The molecule has 17 heavy (non-hydrogen) atoms. The Hall–Kier alpha value is -1.63. The molecule has 2 nitrogen and oxygen atoms in total. The molecule has 1 N–H and O–H groups in total. The van der Waals surface area contributed by atoms with Crippen LogP contribution < -0.4 is 5.32 Å². The molecule has 0 aliphatic carbocycles. The molecule has 0 aromatic heterocycles. The Bertz CT molecular complexity index is 413. The molecule has 0 aliphatic heterocycles. The summed E-state index contributed by atoms with van der Waals surface area (Å²) in [7, 11) is 0. The largest absolute Gasteiger partial charge is 0.377 e. The van der Waals surface area contributed by atoms with E-state index >= 15 is 0 Å². The van der Waals surface area contributed by atoms with E-state index in [1.807, 2.05) is 20.8 Å². The van der Waals surface area contributed by atoms with Gasteiger partial charge in [0.1, 0.15) is 5.69 Å². The van der Waals surface area contributed by atoms with Gasteiger partial charge in [-0.25, -0.2) is 8.78 Å². The Morgan fingerprint density at radius 1 is 1.29 bits per heavy atom. The fourth-order valence-electron chi connectivity index (χ4n) is 1.70.